The molecule has 10 heteroatoms. The highest BCUT2D eigenvalue weighted by molar-refractivity contribution is 6.02. The fourth-order valence-corrected chi connectivity index (χ4v) is 4.01. The number of halogens is 3. The molecule has 0 radical (unpaired) electrons. The van der Waals surface area contributed by atoms with E-state index in [1.54, 1.807) is 13.1 Å². The average Bonchev–Trinajstić information content (AvgIpc) is 3.30. The summed E-state index contributed by atoms with van der Waals surface area (Å²) in [6.45, 7) is 2.87. The Kier molecular flexibility index (Phi) is 4.46. The number of hydrogen-bond acceptors (Lipinski definition) is 6. The van der Waals surface area contributed by atoms with Crippen LogP contribution in [0.4, 0.5) is 13.2 Å². The maximum Gasteiger partial charge on any atom is 0.416 e. The van der Waals surface area contributed by atoms with Crippen molar-refractivity contribution < 1.29 is 22.3 Å². The normalized spacial score (nSPS) is 16.0. The molecule has 0 saturated carbocycles. The quantitative estimate of drug-likeness (QED) is 0.496. The maximum absolute atomic E-state index is 13.4. The standard InChI is InChI=1S/C20H18F3N5O2/c1-11-26-27-18(30-11)9-17-25-16-10-24-15-3-2-12(20(21,22)23)8-14(15)19(16)28(17)13-4-6-29-7-5-13/h2-3,8,10,13H,4-7,9H2,1H3. The first-order valence-corrected chi connectivity index (χ1v) is 9.63. The number of benzene rings is 1. The van der Waals surface area contributed by atoms with Gasteiger partial charge in [0.05, 0.1) is 29.2 Å². The molecule has 0 spiro atoms. The molecule has 0 unspecified atom stereocenters. The predicted molar refractivity (Wildman–Crippen MR) is 101 cm³/mol. The molecular weight excluding hydrogens is 399 g/mol. The predicted octanol–water partition coefficient (Wildman–Crippen LogP) is 4.24. The zero-order valence-electron chi connectivity index (χ0n) is 16.1. The van der Waals surface area contributed by atoms with E-state index in [4.69, 9.17) is 9.15 Å². The van der Waals surface area contributed by atoms with E-state index in [1.807, 2.05) is 4.57 Å². The lowest BCUT2D eigenvalue weighted by Gasteiger charge is -2.26. The lowest BCUT2D eigenvalue weighted by atomic mass is 10.1. The van der Waals surface area contributed by atoms with E-state index in [9.17, 15) is 13.2 Å². The lowest BCUT2D eigenvalue weighted by molar-refractivity contribution is -0.137. The number of alkyl halides is 3. The van der Waals surface area contributed by atoms with Crippen LogP contribution in [0.5, 0.6) is 0 Å². The second-order valence-corrected chi connectivity index (χ2v) is 7.35. The number of nitrogens with zero attached hydrogens (tertiary/aromatic N) is 5. The van der Waals surface area contributed by atoms with Crippen LogP contribution in [0.25, 0.3) is 21.9 Å². The van der Waals surface area contributed by atoms with E-state index in [0.717, 1.165) is 25.0 Å². The van der Waals surface area contributed by atoms with Gasteiger partial charge in [-0.05, 0) is 31.0 Å². The van der Waals surface area contributed by atoms with Crippen molar-refractivity contribution >= 4 is 21.9 Å². The lowest BCUT2D eigenvalue weighted by Crippen LogP contribution is -2.21. The average molecular weight is 417 g/mol. The number of hydrogen-bond donors (Lipinski definition) is 0. The molecule has 0 N–H and O–H groups in total. The van der Waals surface area contributed by atoms with Crippen LogP contribution in [0.2, 0.25) is 0 Å². The Balaban J connectivity index is 1.75. The summed E-state index contributed by atoms with van der Waals surface area (Å²) in [6, 6.07) is 3.66. The van der Waals surface area contributed by atoms with Crippen LogP contribution in [-0.4, -0.2) is 37.9 Å². The van der Waals surface area contributed by atoms with Gasteiger partial charge in [-0.15, -0.1) is 10.2 Å². The minimum atomic E-state index is -4.44. The molecule has 1 aromatic carbocycles. The van der Waals surface area contributed by atoms with Gasteiger partial charge in [-0.3, -0.25) is 4.98 Å². The fourth-order valence-electron chi connectivity index (χ4n) is 4.01. The first-order chi connectivity index (χ1) is 14.4. The van der Waals surface area contributed by atoms with Crippen LogP contribution in [0.3, 0.4) is 0 Å². The van der Waals surface area contributed by atoms with E-state index >= 15 is 0 Å². The second kappa shape index (κ2) is 7.05. The molecule has 3 aromatic heterocycles. The highest BCUT2D eigenvalue weighted by atomic mass is 19.4. The van der Waals surface area contributed by atoms with Crippen LogP contribution < -0.4 is 0 Å². The Morgan fingerprint density at radius 1 is 1.13 bits per heavy atom. The van der Waals surface area contributed by atoms with Crippen molar-refractivity contribution in [2.24, 2.45) is 0 Å². The van der Waals surface area contributed by atoms with E-state index < -0.39 is 11.7 Å². The molecule has 5 rings (SSSR count). The van der Waals surface area contributed by atoms with Crippen LogP contribution in [0.15, 0.2) is 28.8 Å². The first-order valence-electron chi connectivity index (χ1n) is 9.63. The van der Waals surface area contributed by atoms with Crippen molar-refractivity contribution in [3.05, 3.63) is 47.6 Å². The highest BCUT2D eigenvalue weighted by Gasteiger charge is 2.31. The number of aromatic nitrogens is 5. The van der Waals surface area contributed by atoms with Crippen molar-refractivity contribution in [3.8, 4) is 0 Å². The van der Waals surface area contributed by atoms with Gasteiger partial charge >= 0.3 is 6.18 Å². The molecule has 0 atom stereocenters. The van der Waals surface area contributed by atoms with E-state index in [-0.39, 0.29) is 12.5 Å². The van der Waals surface area contributed by atoms with Crippen molar-refractivity contribution in [3.63, 3.8) is 0 Å². The Bertz CT molecular complexity index is 1220. The molecule has 30 heavy (non-hydrogen) atoms. The summed E-state index contributed by atoms with van der Waals surface area (Å²) < 4.78 is 53.2. The van der Waals surface area contributed by atoms with Gasteiger partial charge in [0.1, 0.15) is 11.3 Å². The third-order valence-electron chi connectivity index (χ3n) is 5.35. The van der Waals surface area contributed by atoms with Crippen molar-refractivity contribution in [2.45, 2.75) is 38.4 Å². The number of imidazole rings is 1. The Morgan fingerprint density at radius 2 is 1.93 bits per heavy atom. The van der Waals surface area contributed by atoms with Crippen LogP contribution in [0.1, 0.15) is 42.1 Å². The molecule has 1 saturated heterocycles. The number of pyridine rings is 1. The third-order valence-corrected chi connectivity index (χ3v) is 5.35. The fraction of sp³-hybridized carbons (Fsp3) is 0.400. The van der Waals surface area contributed by atoms with Gasteiger partial charge in [0.25, 0.3) is 0 Å². The van der Waals surface area contributed by atoms with E-state index in [0.29, 0.717) is 52.8 Å². The van der Waals surface area contributed by atoms with E-state index in [1.165, 1.54) is 6.07 Å². The molecule has 156 valence electrons. The Hall–Kier alpha value is -3.01. The van der Waals surface area contributed by atoms with Crippen LogP contribution in [0, 0.1) is 6.92 Å². The molecular formula is C20H18F3N5O2. The molecule has 7 nitrogen and oxygen atoms in total. The number of rotatable bonds is 3. The summed E-state index contributed by atoms with van der Waals surface area (Å²) in [6.07, 6.45) is -1.07. The van der Waals surface area contributed by atoms with Gasteiger partial charge < -0.3 is 13.7 Å². The smallest absolute Gasteiger partial charge is 0.416 e. The van der Waals surface area contributed by atoms with Gasteiger partial charge in [-0.25, -0.2) is 4.98 Å². The van der Waals surface area contributed by atoms with Gasteiger partial charge in [-0.1, -0.05) is 0 Å². The SMILES string of the molecule is Cc1nnc(Cc2nc3cnc4ccc(C(F)(F)F)cc4c3n2C2CCOCC2)o1. The molecule has 0 bridgehead atoms. The number of ether oxygens (including phenoxy) is 1. The minimum absolute atomic E-state index is 0.0444. The Labute approximate surface area is 168 Å². The third kappa shape index (κ3) is 3.30. The Morgan fingerprint density at radius 3 is 2.63 bits per heavy atom. The van der Waals surface area contributed by atoms with Gasteiger partial charge in [0, 0.05) is 31.6 Å². The van der Waals surface area contributed by atoms with Crippen molar-refractivity contribution in [1.29, 1.82) is 0 Å². The molecule has 4 aromatic rings. The maximum atomic E-state index is 13.4. The van der Waals surface area contributed by atoms with Crippen LogP contribution in [-0.2, 0) is 17.3 Å². The minimum Gasteiger partial charge on any atom is -0.425 e. The monoisotopic (exact) mass is 417 g/mol. The summed E-state index contributed by atoms with van der Waals surface area (Å²) in [7, 11) is 0. The molecule has 1 fully saturated rings. The van der Waals surface area contributed by atoms with Gasteiger partial charge in [-0.2, -0.15) is 13.2 Å². The van der Waals surface area contributed by atoms with Crippen LogP contribution >= 0.6 is 0 Å². The summed E-state index contributed by atoms with van der Waals surface area (Å²) in [5.74, 6) is 1.51. The first kappa shape index (κ1) is 19.0. The largest absolute Gasteiger partial charge is 0.425 e. The zero-order valence-corrected chi connectivity index (χ0v) is 16.1. The molecule has 0 amide bonds. The number of aryl methyl sites for hydroxylation is 1. The second-order valence-electron chi connectivity index (χ2n) is 7.35. The van der Waals surface area contributed by atoms with Gasteiger partial charge in [0.2, 0.25) is 11.8 Å². The van der Waals surface area contributed by atoms with E-state index in [2.05, 4.69) is 20.2 Å². The highest BCUT2D eigenvalue weighted by Crippen LogP contribution is 2.36. The molecule has 1 aliphatic heterocycles. The summed E-state index contributed by atoms with van der Waals surface area (Å²) in [5, 5.41) is 8.33. The molecule has 0 aliphatic carbocycles. The van der Waals surface area contributed by atoms with Crippen molar-refractivity contribution in [2.75, 3.05) is 13.2 Å². The summed E-state index contributed by atoms with van der Waals surface area (Å²) >= 11 is 0. The van der Waals surface area contributed by atoms with Gasteiger partial charge in [0.15, 0.2) is 0 Å². The topological polar surface area (TPSA) is 78.9 Å². The molecule has 1 aliphatic rings. The number of fused-ring (bicyclic) bond motifs is 3. The van der Waals surface area contributed by atoms with Crippen molar-refractivity contribution in [1.82, 2.24) is 24.7 Å². The summed E-state index contributed by atoms with van der Waals surface area (Å²) in [4.78, 5) is 9.01. The molecule has 4 heterocycles. The zero-order chi connectivity index (χ0) is 20.9. The summed E-state index contributed by atoms with van der Waals surface area (Å²) in [5.41, 5.74) is 0.964.